The van der Waals surface area contributed by atoms with Crippen LogP contribution in [0.1, 0.15) is 53.6 Å². The molecule has 0 saturated carbocycles. The fourth-order valence-corrected chi connectivity index (χ4v) is 3.75. The van der Waals surface area contributed by atoms with E-state index in [0.29, 0.717) is 42.8 Å². The Balaban J connectivity index is 1.90. The first-order valence-corrected chi connectivity index (χ1v) is 12.0. The van der Waals surface area contributed by atoms with E-state index >= 15 is 0 Å². The first-order chi connectivity index (χ1) is 16.9. The normalized spacial score (nSPS) is 11.3. The van der Waals surface area contributed by atoms with Crippen LogP contribution in [0.3, 0.4) is 0 Å². The number of amides is 1. The summed E-state index contributed by atoms with van der Waals surface area (Å²) >= 11 is 0. The Morgan fingerprint density at radius 2 is 1.71 bits per heavy atom. The van der Waals surface area contributed by atoms with E-state index in [0.717, 1.165) is 34.7 Å². The highest BCUT2D eigenvalue weighted by molar-refractivity contribution is 6.10. The molecule has 8 nitrogen and oxygen atoms in total. The molecule has 1 heterocycles. The van der Waals surface area contributed by atoms with Gasteiger partial charge in [0.15, 0.2) is 11.5 Å². The summed E-state index contributed by atoms with van der Waals surface area (Å²) in [6.45, 7) is 14.0. The van der Waals surface area contributed by atoms with Gasteiger partial charge >= 0.3 is 0 Å². The number of ether oxygens (including phenoxy) is 2. The van der Waals surface area contributed by atoms with E-state index < -0.39 is 0 Å². The summed E-state index contributed by atoms with van der Waals surface area (Å²) in [5.41, 5.74) is 5.41. The summed E-state index contributed by atoms with van der Waals surface area (Å²) in [4.78, 5) is 17.9. The van der Waals surface area contributed by atoms with Crippen LogP contribution in [0.25, 0.3) is 0 Å². The molecule has 0 aliphatic heterocycles. The van der Waals surface area contributed by atoms with Gasteiger partial charge in [-0.15, -0.1) is 0 Å². The maximum absolute atomic E-state index is 13.2. The molecular weight excluding hydrogens is 442 g/mol. The van der Waals surface area contributed by atoms with Crippen LogP contribution < -0.4 is 20.1 Å². The maximum atomic E-state index is 13.2. The lowest BCUT2D eigenvalue weighted by molar-refractivity contribution is 0.0976. The van der Waals surface area contributed by atoms with E-state index in [9.17, 15) is 4.79 Å². The number of carbonyl (C=O) groups excluding carboxylic acids is 1. The molecule has 3 aromatic rings. The molecule has 35 heavy (non-hydrogen) atoms. The zero-order valence-electron chi connectivity index (χ0n) is 21.4. The molecule has 0 fully saturated rings. The fraction of sp³-hybridized carbons (Fsp3) is 0.370. The van der Waals surface area contributed by atoms with Crippen LogP contribution in [-0.2, 0) is 13.1 Å². The Bertz CT molecular complexity index is 1200. The molecule has 0 radical (unpaired) electrons. The summed E-state index contributed by atoms with van der Waals surface area (Å²) < 4.78 is 13.3. The second-order valence-corrected chi connectivity index (χ2v) is 8.05. The number of aryl methyl sites for hydroxylation is 3. The monoisotopic (exact) mass is 477 g/mol. The van der Waals surface area contributed by atoms with Gasteiger partial charge in [0.25, 0.3) is 5.91 Å². The zero-order chi connectivity index (χ0) is 25.4. The van der Waals surface area contributed by atoms with Gasteiger partial charge in [-0.2, -0.15) is 5.10 Å². The van der Waals surface area contributed by atoms with Crippen molar-refractivity contribution in [2.24, 2.45) is 4.99 Å². The maximum Gasteiger partial charge on any atom is 0.258 e. The van der Waals surface area contributed by atoms with Gasteiger partial charge in [-0.05, 0) is 71.4 Å². The van der Waals surface area contributed by atoms with E-state index in [1.54, 1.807) is 18.2 Å². The van der Waals surface area contributed by atoms with Crippen molar-refractivity contribution in [3.8, 4) is 11.5 Å². The van der Waals surface area contributed by atoms with E-state index in [-0.39, 0.29) is 5.91 Å². The molecule has 3 rings (SSSR count). The molecule has 0 aliphatic rings. The van der Waals surface area contributed by atoms with E-state index in [2.05, 4.69) is 22.7 Å². The first-order valence-electron chi connectivity index (χ1n) is 12.0. The van der Waals surface area contributed by atoms with Crippen LogP contribution in [0.2, 0.25) is 0 Å². The molecule has 8 heteroatoms. The van der Waals surface area contributed by atoms with Gasteiger partial charge in [0, 0.05) is 29.1 Å². The van der Waals surface area contributed by atoms with Gasteiger partial charge in [0.2, 0.25) is 5.96 Å². The highest BCUT2D eigenvalue weighted by Crippen LogP contribution is 2.28. The molecule has 0 atom stereocenters. The number of para-hydroxylation sites is 1. The van der Waals surface area contributed by atoms with Crippen molar-refractivity contribution < 1.29 is 14.3 Å². The number of aliphatic imine (C=N–C) groups is 1. The second kappa shape index (κ2) is 12.1. The molecular formula is C27H35N5O3. The number of hydrogen-bond donors (Lipinski definition) is 2. The lowest BCUT2D eigenvalue weighted by Gasteiger charge is -2.15. The summed E-state index contributed by atoms with van der Waals surface area (Å²) in [5, 5.41) is 10.8. The smallest absolute Gasteiger partial charge is 0.258 e. The molecule has 1 aromatic heterocycles. The van der Waals surface area contributed by atoms with Crippen LogP contribution in [0.5, 0.6) is 11.5 Å². The predicted octanol–water partition coefficient (Wildman–Crippen LogP) is 5.02. The summed E-state index contributed by atoms with van der Waals surface area (Å²) in [6.07, 6.45) is 0. The van der Waals surface area contributed by atoms with Gasteiger partial charge in [-0.3, -0.25) is 14.8 Å². The summed E-state index contributed by atoms with van der Waals surface area (Å²) in [7, 11) is 0. The average Bonchev–Trinajstić information content (AvgIpc) is 3.12. The molecule has 2 aromatic carbocycles. The highest BCUT2D eigenvalue weighted by atomic mass is 16.5. The third-order valence-electron chi connectivity index (χ3n) is 5.66. The van der Waals surface area contributed by atoms with Crippen molar-refractivity contribution in [1.82, 2.24) is 15.1 Å². The Morgan fingerprint density at radius 3 is 2.37 bits per heavy atom. The third-order valence-corrected chi connectivity index (χ3v) is 5.66. The van der Waals surface area contributed by atoms with Gasteiger partial charge in [-0.1, -0.05) is 18.2 Å². The molecule has 186 valence electrons. The standard InChI is InChI=1S/C27H35N5O3/c1-7-32-20(6)22(19(5)31-32)17-28-27(29-23-13-11-10-12-18(23)4)30-26(33)21-14-15-24(34-8-2)25(16-21)35-9-3/h10-16H,7-9,17H2,1-6H3,(H2,28,29,30,33). The number of guanidine groups is 1. The molecule has 1 amide bonds. The lowest BCUT2D eigenvalue weighted by atomic mass is 10.2. The molecule has 0 spiro atoms. The Labute approximate surface area is 207 Å². The Hall–Kier alpha value is -3.81. The Morgan fingerprint density at radius 1 is 1.00 bits per heavy atom. The molecule has 0 aliphatic carbocycles. The summed E-state index contributed by atoms with van der Waals surface area (Å²) in [6, 6.07) is 13.0. The van der Waals surface area contributed by atoms with Crippen molar-refractivity contribution in [2.45, 2.75) is 54.6 Å². The number of rotatable bonds is 9. The van der Waals surface area contributed by atoms with Crippen LogP contribution in [0.15, 0.2) is 47.5 Å². The largest absolute Gasteiger partial charge is 0.490 e. The molecule has 0 bridgehead atoms. The topological polar surface area (TPSA) is 89.8 Å². The van der Waals surface area contributed by atoms with E-state index in [1.807, 2.05) is 63.6 Å². The minimum Gasteiger partial charge on any atom is -0.490 e. The number of carbonyl (C=O) groups is 1. The van der Waals surface area contributed by atoms with Crippen molar-refractivity contribution in [2.75, 3.05) is 18.5 Å². The number of benzene rings is 2. The van der Waals surface area contributed by atoms with Crippen LogP contribution in [-0.4, -0.2) is 34.9 Å². The summed E-state index contributed by atoms with van der Waals surface area (Å²) in [5.74, 6) is 1.20. The minimum atomic E-state index is -0.300. The van der Waals surface area contributed by atoms with E-state index in [4.69, 9.17) is 14.5 Å². The number of hydrogen-bond acceptors (Lipinski definition) is 5. The average molecular weight is 478 g/mol. The number of nitrogens with one attached hydrogen (secondary N) is 2. The van der Waals surface area contributed by atoms with Crippen molar-refractivity contribution in [3.63, 3.8) is 0 Å². The fourth-order valence-electron chi connectivity index (χ4n) is 3.75. The number of aromatic nitrogens is 2. The lowest BCUT2D eigenvalue weighted by Crippen LogP contribution is -2.36. The first kappa shape index (κ1) is 25.8. The van der Waals surface area contributed by atoms with Crippen LogP contribution in [0, 0.1) is 20.8 Å². The van der Waals surface area contributed by atoms with Crippen LogP contribution >= 0.6 is 0 Å². The second-order valence-electron chi connectivity index (χ2n) is 8.05. The van der Waals surface area contributed by atoms with Gasteiger partial charge in [-0.25, -0.2) is 4.99 Å². The zero-order valence-corrected chi connectivity index (χ0v) is 21.4. The number of nitrogens with zero attached hydrogens (tertiary/aromatic N) is 3. The van der Waals surface area contributed by atoms with Gasteiger partial charge in [0.1, 0.15) is 0 Å². The number of anilines is 1. The van der Waals surface area contributed by atoms with Gasteiger partial charge < -0.3 is 14.8 Å². The predicted molar refractivity (Wildman–Crippen MR) is 140 cm³/mol. The quantitative estimate of drug-likeness (QED) is 0.333. The van der Waals surface area contributed by atoms with Crippen LogP contribution in [0.4, 0.5) is 5.69 Å². The third kappa shape index (κ3) is 6.41. The van der Waals surface area contributed by atoms with Crippen molar-refractivity contribution in [1.29, 1.82) is 0 Å². The SMILES string of the molecule is CCOc1ccc(C(=O)NC(=NCc2c(C)nn(CC)c2C)Nc2ccccc2C)cc1OCC. The minimum absolute atomic E-state index is 0.300. The highest BCUT2D eigenvalue weighted by Gasteiger charge is 2.15. The molecule has 2 N–H and O–H groups in total. The molecule has 0 unspecified atom stereocenters. The Kier molecular flexibility index (Phi) is 8.89. The molecule has 0 saturated heterocycles. The van der Waals surface area contributed by atoms with Crippen molar-refractivity contribution >= 4 is 17.6 Å². The van der Waals surface area contributed by atoms with E-state index in [1.165, 1.54) is 0 Å². The van der Waals surface area contributed by atoms with Crippen molar-refractivity contribution in [3.05, 3.63) is 70.5 Å². The van der Waals surface area contributed by atoms with Gasteiger partial charge in [0.05, 0.1) is 25.5 Å².